The van der Waals surface area contributed by atoms with Crippen molar-refractivity contribution < 1.29 is 19.1 Å². The average Bonchev–Trinajstić information content (AvgIpc) is 3.00. The van der Waals surface area contributed by atoms with Crippen LogP contribution in [0.2, 0.25) is 0 Å². The number of benzene rings is 1. The Labute approximate surface area is 148 Å². The van der Waals surface area contributed by atoms with Crippen molar-refractivity contribution in [2.75, 3.05) is 38.3 Å². The van der Waals surface area contributed by atoms with Crippen LogP contribution in [0.4, 0.5) is 5.69 Å². The molecule has 0 unspecified atom stereocenters. The second kappa shape index (κ2) is 7.33. The summed E-state index contributed by atoms with van der Waals surface area (Å²) in [6, 6.07) is 5.49. The van der Waals surface area contributed by atoms with Gasteiger partial charge in [0, 0.05) is 38.3 Å². The van der Waals surface area contributed by atoms with Gasteiger partial charge in [0.15, 0.2) is 11.5 Å². The van der Waals surface area contributed by atoms with E-state index in [-0.39, 0.29) is 24.2 Å². The summed E-state index contributed by atoms with van der Waals surface area (Å²) >= 11 is 0. The standard InChI is InChI=1S/C19H26N2O4/c1-13(2)6-7-20(3)19(23)14-10-18(22)21(12-14)15-4-5-16-17(11-15)25-9-8-24-16/h4-5,11,13-14H,6-10,12H2,1-3H3/t14-/m1/s1. The fraction of sp³-hybridized carbons (Fsp3) is 0.579. The molecule has 1 atom stereocenters. The maximum atomic E-state index is 12.6. The Hall–Kier alpha value is -2.24. The molecule has 6 nitrogen and oxygen atoms in total. The fourth-order valence-electron chi connectivity index (χ4n) is 3.20. The number of nitrogens with zero attached hydrogens (tertiary/aromatic N) is 2. The van der Waals surface area contributed by atoms with Crippen LogP contribution >= 0.6 is 0 Å². The predicted molar refractivity (Wildman–Crippen MR) is 95.0 cm³/mol. The van der Waals surface area contributed by atoms with Gasteiger partial charge in [0.05, 0.1) is 5.92 Å². The molecule has 1 fully saturated rings. The smallest absolute Gasteiger partial charge is 0.227 e. The number of rotatable bonds is 5. The van der Waals surface area contributed by atoms with E-state index in [0.717, 1.165) is 18.7 Å². The summed E-state index contributed by atoms with van der Waals surface area (Å²) in [4.78, 5) is 28.5. The number of fused-ring (bicyclic) bond motifs is 1. The van der Waals surface area contributed by atoms with Gasteiger partial charge >= 0.3 is 0 Å². The van der Waals surface area contributed by atoms with Gasteiger partial charge in [-0.3, -0.25) is 9.59 Å². The van der Waals surface area contributed by atoms with E-state index >= 15 is 0 Å². The molecule has 0 bridgehead atoms. The molecule has 136 valence electrons. The summed E-state index contributed by atoms with van der Waals surface area (Å²) in [7, 11) is 1.82. The zero-order valence-corrected chi connectivity index (χ0v) is 15.2. The molecular weight excluding hydrogens is 320 g/mol. The van der Waals surface area contributed by atoms with Crippen LogP contribution in [0.3, 0.4) is 0 Å². The lowest BCUT2D eigenvalue weighted by Crippen LogP contribution is -2.35. The molecule has 3 rings (SSSR count). The summed E-state index contributed by atoms with van der Waals surface area (Å²) in [5, 5.41) is 0. The molecule has 0 radical (unpaired) electrons. The third kappa shape index (κ3) is 3.89. The Balaban J connectivity index is 1.67. The van der Waals surface area contributed by atoms with Crippen LogP contribution < -0.4 is 14.4 Å². The number of anilines is 1. The van der Waals surface area contributed by atoms with Crippen LogP contribution in [0, 0.1) is 11.8 Å². The SMILES string of the molecule is CC(C)CCN(C)C(=O)[C@@H]1CC(=O)N(c2ccc3c(c2)OCCO3)C1. The maximum absolute atomic E-state index is 12.6. The van der Waals surface area contributed by atoms with Crippen molar-refractivity contribution >= 4 is 17.5 Å². The molecule has 25 heavy (non-hydrogen) atoms. The van der Waals surface area contributed by atoms with Crippen LogP contribution in [-0.4, -0.2) is 50.1 Å². The summed E-state index contributed by atoms with van der Waals surface area (Å²) < 4.78 is 11.1. The Kier molecular flexibility index (Phi) is 5.16. The summed E-state index contributed by atoms with van der Waals surface area (Å²) in [6.07, 6.45) is 1.23. The van der Waals surface area contributed by atoms with Gasteiger partial charge in [-0.05, 0) is 24.5 Å². The van der Waals surface area contributed by atoms with Crippen LogP contribution in [-0.2, 0) is 9.59 Å². The second-order valence-corrected chi connectivity index (χ2v) is 7.18. The number of ether oxygens (including phenoxy) is 2. The van der Waals surface area contributed by atoms with Crippen LogP contribution in [0.25, 0.3) is 0 Å². The first-order valence-electron chi connectivity index (χ1n) is 8.90. The lowest BCUT2D eigenvalue weighted by Gasteiger charge is -2.23. The minimum absolute atomic E-state index is 0.0210. The van der Waals surface area contributed by atoms with E-state index in [9.17, 15) is 9.59 Å². The highest BCUT2D eigenvalue weighted by Crippen LogP contribution is 2.36. The van der Waals surface area contributed by atoms with Crippen LogP contribution in [0.5, 0.6) is 11.5 Å². The molecular formula is C19H26N2O4. The summed E-state index contributed by atoms with van der Waals surface area (Å²) in [5.41, 5.74) is 0.759. The van der Waals surface area contributed by atoms with E-state index in [1.807, 2.05) is 25.2 Å². The molecule has 2 amide bonds. The third-order valence-electron chi connectivity index (χ3n) is 4.73. The van der Waals surface area contributed by atoms with E-state index in [1.165, 1.54) is 0 Å². The third-order valence-corrected chi connectivity index (χ3v) is 4.73. The van der Waals surface area contributed by atoms with Crippen molar-refractivity contribution in [2.45, 2.75) is 26.7 Å². The number of hydrogen-bond acceptors (Lipinski definition) is 4. The first kappa shape index (κ1) is 17.6. The highest BCUT2D eigenvalue weighted by molar-refractivity contribution is 6.00. The minimum Gasteiger partial charge on any atom is -0.486 e. The van der Waals surface area contributed by atoms with Gasteiger partial charge in [-0.15, -0.1) is 0 Å². The Morgan fingerprint density at radius 3 is 2.72 bits per heavy atom. The highest BCUT2D eigenvalue weighted by Gasteiger charge is 2.36. The number of amides is 2. The van der Waals surface area contributed by atoms with Crippen molar-refractivity contribution in [3.05, 3.63) is 18.2 Å². The molecule has 0 saturated carbocycles. The average molecular weight is 346 g/mol. The number of carbonyl (C=O) groups is 2. The molecule has 0 aromatic heterocycles. The summed E-state index contributed by atoms with van der Waals surface area (Å²) in [6.45, 7) is 6.47. The largest absolute Gasteiger partial charge is 0.486 e. The molecule has 0 N–H and O–H groups in total. The first-order chi connectivity index (χ1) is 12.0. The highest BCUT2D eigenvalue weighted by atomic mass is 16.6. The molecule has 2 aliphatic rings. The van der Waals surface area contributed by atoms with E-state index in [2.05, 4.69) is 13.8 Å². The Morgan fingerprint density at radius 2 is 2.00 bits per heavy atom. The quantitative estimate of drug-likeness (QED) is 0.821. The molecule has 0 spiro atoms. The van der Waals surface area contributed by atoms with Gasteiger partial charge in [0.2, 0.25) is 11.8 Å². The fourth-order valence-corrected chi connectivity index (χ4v) is 3.20. The normalized spacial score (nSPS) is 19.4. The first-order valence-corrected chi connectivity index (χ1v) is 8.90. The monoisotopic (exact) mass is 346 g/mol. The zero-order chi connectivity index (χ0) is 18.0. The van der Waals surface area contributed by atoms with Crippen molar-refractivity contribution in [3.63, 3.8) is 0 Å². The molecule has 2 aliphatic heterocycles. The van der Waals surface area contributed by atoms with E-state index in [0.29, 0.717) is 37.2 Å². The van der Waals surface area contributed by atoms with Gasteiger partial charge in [-0.1, -0.05) is 13.8 Å². The lowest BCUT2D eigenvalue weighted by atomic mass is 10.1. The summed E-state index contributed by atoms with van der Waals surface area (Å²) in [5.74, 6) is 1.65. The molecule has 0 aliphatic carbocycles. The van der Waals surface area contributed by atoms with Crippen LogP contribution in [0.15, 0.2) is 18.2 Å². The minimum atomic E-state index is -0.280. The lowest BCUT2D eigenvalue weighted by molar-refractivity contribution is -0.134. The second-order valence-electron chi connectivity index (χ2n) is 7.18. The van der Waals surface area contributed by atoms with Gasteiger partial charge in [-0.25, -0.2) is 0 Å². The Morgan fingerprint density at radius 1 is 1.28 bits per heavy atom. The maximum Gasteiger partial charge on any atom is 0.227 e. The van der Waals surface area contributed by atoms with Gasteiger partial charge < -0.3 is 19.3 Å². The molecule has 1 aromatic rings. The zero-order valence-electron chi connectivity index (χ0n) is 15.2. The van der Waals surface area contributed by atoms with Crippen molar-refractivity contribution in [1.29, 1.82) is 0 Å². The van der Waals surface area contributed by atoms with E-state index in [1.54, 1.807) is 9.80 Å². The van der Waals surface area contributed by atoms with Gasteiger partial charge in [0.1, 0.15) is 13.2 Å². The Bertz CT molecular complexity index is 659. The molecule has 1 saturated heterocycles. The van der Waals surface area contributed by atoms with Gasteiger partial charge in [-0.2, -0.15) is 0 Å². The topological polar surface area (TPSA) is 59.1 Å². The predicted octanol–water partition coefficient (Wildman–Crippen LogP) is 2.32. The van der Waals surface area contributed by atoms with Gasteiger partial charge in [0.25, 0.3) is 0 Å². The molecule has 1 aromatic carbocycles. The van der Waals surface area contributed by atoms with E-state index in [4.69, 9.17) is 9.47 Å². The molecule has 6 heteroatoms. The van der Waals surface area contributed by atoms with Crippen LogP contribution in [0.1, 0.15) is 26.7 Å². The van der Waals surface area contributed by atoms with Crippen molar-refractivity contribution in [2.24, 2.45) is 11.8 Å². The number of hydrogen-bond donors (Lipinski definition) is 0. The van der Waals surface area contributed by atoms with Crippen molar-refractivity contribution in [1.82, 2.24) is 4.90 Å². The number of carbonyl (C=O) groups excluding carboxylic acids is 2. The van der Waals surface area contributed by atoms with E-state index < -0.39 is 0 Å². The molecule has 2 heterocycles. The van der Waals surface area contributed by atoms with Crippen molar-refractivity contribution in [3.8, 4) is 11.5 Å².